The number of fused-ring (bicyclic) bond motifs is 3. The molecule has 0 spiro atoms. The molecular weight excluding hydrogens is 414 g/mol. The van der Waals surface area contributed by atoms with Crippen molar-refractivity contribution in [3.05, 3.63) is 58.7 Å². The fourth-order valence-corrected chi connectivity index (χ4v) is 5.02. The van der Waals surface area contributed by atoms with E-state index in [-0.39, 0.29) is 11.3 Å². The smallest absolute Gasteiger partial charge is 0.287 e. The first-order chi connectivity index (χ1) is 15.2. The second-order valence-corrected chi connectivity index (χ2v) is 11.2. The van der Waals surface area contributed by atoms with Gasteiger partial charge >= 0.3 is 0 Å². The van der Waals surface area contributed by atoms with Crippen LogP contribution in [0.1, 0.15) is 61.9 Å². The number of benzene rings is 1. The predicted octanol–water partition coefficient (Wildman–Crippen LogP) is 6.45. The van der Waals surface area contributed by atoms with Crippen LogP contribution in [0.15, 0.2) is 36.2 Å². The van der Waals surface area contributed by atoms with Gasteiger partial charge < -0.3 is 9.88 Å². The summed E-state index contributed by atoms with van der Waals surface area (Å²) < 4.78 is 2.13. The monoisotopic (exact) mass is 447 g/mol. The molecule has 1 N–H and O–H groups in total. The Kier molecular flexibility index (Phi) is 6.13. The number of thiophene rings is 1. The number of hydrogen-bond acceptors (Lipinski definition) is 3. The van der Waals surface area contributed by atoms with Crippen molar-refractivity contribution in [1.82, 2.24) is 14.9 Å². The van der Waals surface area contributed by atoms with Gasteiger partial charge in [-0.25, -0.2) is 4.98 Å². The molecule has 1 aromatic carbocycles. The number of imidazole rings is 1. The summed E-state index contributed by atoms with van der Waals surface area (Å²) in [6, 6.07) is 8.73. The van der Waals surface area contributed by atoms with Crippen LogP contribution in [-0.2, 0) is 19.4 Å². The fourth-order valence-electron chi connectivity index (χ4n) is 4.30. The number of aryl methyl sites for hydroxylation is 1. The van der Waals surface area contributed by atoms with Gasteiger partial charge in [-0.2, -0.15) is 0 Å². The molecule has 4 rings (SSSR count). The van der Waals surface area contributed by atoms with Gasteiger partial charge in [0.25, 0.3) is 5.91 Å². The average Bonchev–Trinajstić information content (AvgIpc) is 3.38. The summed E-state index contributed by atoms with van der Waals surface area (Å²) in [6.45, 7) is 16.3. The number of carbonyl (C=O) groups is 1. The van der Waals surface area contributed by atoms with Crippen molar-refractivity contribution < 1.29 is 4.79 Å². The summed E-state index contributed by atoms with van der Waals surface area (Å²) >= 11 is 1.66. The van der Waals surface area contributed by atoms with Gasteiger partial charge in [0.05, 0.1) is 10.6 Å². The minimum Gasteiger partial charge on any atom is -0.349 e. The molecule has 0 radical (unpaired) electrons. The molecule has 1 aliphatic rings. The van der Waals surface area contributed by atoms with E-state index in [9.17, 15) is 4.79 Å². The number of carbonyl (C=O) groups excluding carboxylic acids is 1. The maximum Gasteiger partial charge on any atom is 0.287 e. The average molecular weight is 448 g/mol. The van der Waals surface area contributed by atoms with Gasteiger partial charge in [-0.3, -0.25) is 4.79 Å². The van der Waals surface area contributed by atoms with E-state index in [2.05, 4.69) is 74.7 Å². The van der Waals surface area contributed by atoms with Crippen molar-refractivity contribution in [3.8, 4) is 21.8 Å². The van der Waals surface area contributed by atoms with Gasteiger partial charge in [0.2, 0.25) is 0 Å². The lowest BCUT2D eigenvalue weighted by Gasteiger charge is -2.24. The molecule has 0 aliphatic carbocycles. The van der Waals surface area contributed by atoms with E-state index in [1.807, 2.05) is 12.1 Å². The highest BCUT2D eigenvalue weighted by molar-refractivity contribution is 7.13. The maximum atomic E-state index is 13.2. The molecule has 4 nitrogen and oxygen atoms in total. The first-order valence-electron chi connectivity index (χ1n) is 11.4. The molecule has 1 aliphatic heterocycles. The molecule has 32 heavy (non-hydrogen) atoms. The quantitative estimate of drug-likeness (QED) is 0.472. The standard InChI is InChI=1S/C27H33N3OS/c1-7-18-14-19-10-11-30-24(21(19)15-20(18)13-17(2)3)23(22-9-8-12-32-22)29-25(30)26(31)28-16-27(4,5)6/h7-9,12,14-15,17H,1,10-11,13,16H2,2-6H3,(H,28,31). The van der Waals surface area contributed by atoms with Crippen molar-refractivity contribution in [1.29, 1.82) is 0 Å². The number of aromatic nitrogens is 2. The lowest BCUT2D eigenvalue weighted by Crippen LogP contribution is -2.34. The van der Waals surface area contributed by atoms with E-state index >= 15 is 0 Å². The zero-order valence-electron chi connectivity index (χ0n) is 19.8. The molecule has 0 unspecified atom stereocenters. The first-order valence-corrected chi connectivity index (χ1v) is 12.3. The van der Waals surface area contributed by atoms with Crippen LogP contribution >= 0.6 is 11.3 Å². The van der Waals surface area contributed by atoms with Crippen LogP contribution in [0.5, 0.6) is 0 Å². The second-order valence-electron chi connectivity index (χ2n) is 10.3. The van der Waals surface area contributed by atoms with Crippen LogP contribution < -0.4 is 5.32 Å². The van der Waals surface area contributed by atoms with Crippen LogP contribution in [0, 0.1) is 11.3 Å². The van der Waals surface area contributed by atoms with Crippen LogP contribution in [0.4, 0.5) is 0 Å². The van der Waals surface area contributed by atoms with E-state index < -0.39 is 0 Å². The van der Waals surface area contributed by atoms with Crippen molar-refractivity contribution in [2.75, 3.05) is 6.54 Å². The summed E-state index contributed by atoms with van der Waals surface area (Å²) in [6.07, 6.45) is 3.84. The summed E-state index contributed by atoms with van der Waals surface area (Å²) in [5, 5.41) is 5.16. The van der Waals surface area contributed by atoms with Crippen molar-refractivity contribution in [2.24, 2.45) is 11.3 Å². The maximum absolute atomic E-state index is 13.2. The highest BCUT2D eigenvalue weighted by Crippen LogP contribution is 2.41. The molecule has 2 aromatic heterocycles. The number of nitrogens with one attached hydrogen (secondary N) is 1. The van der Waals surface area contributed by atoms with E-state index in [0.717, 1.165) is 35.7 Å². The third kappa shape index (κ3) is 4.44. The van der Waals surface area contributed by atoms with Gasteiger partial charge in [0, 0.05) is 18.7 Å². The number of amides is 1. The molecule has 3 heterocycles. The third-order valence-electron chi connectivity index (χ3n) is 5.78. The summed E-state index contributed by atoms with van der Waals surface area (Å²) in [5.41, 5.74) is 7.01. The summed E-state index contributed by atoms with van der Waals surface area (Å²) in [4.78, 5) is 19.2. The Morgan fingerprint density at radius 2 is 2.12 bits per heavy atom. The Morgan fingerprint density at radius 1 is 1.34 bits per heavy atom. The van der Waals surface area contributed by atoms with Gasteiger partial charge in [-0.1, -0.05) is 59.4 Å². The van der Waals surface area contributed by atoms with Gasteiger partial charge in [-0.05, 0) is 58.4 Å². The zero-order valence-corrected chi connectivity index (χ0v) is 20.6. The molecule has 5 heteroatoms. The summed E-state index contributed by atoms with van der Waals surface area (Å²) in [5.74, 6) is 0.963. The molecule has 0 atom stereocenters. The van der Waals surface area contributed by atoms with Crippen LogP contribution in [0.25, 0.3) is 27.9 Å². The number of rotatable bonds is 6. The van der Waals surface area contributed by atoms with Crippen molar-refractivity contribution in [2.45, 2.75) is 54.0 Å². The lowest BCUT2D eigenvalue weighted by atomic mass is 9.88. The Bertz CT molecular complexity index is 1150. The Morgan fingerprint density at radius 3 is 2.75 bits per heavy atom. The topological polar surface area (TPSA) is 46.9 Å². The fraction of sp³-hybridized carbons (Fsp3) is 0.407. The Labute approximate surface area is 195 Å². The third-order valence-corrected chi connectivity index (χ3v) is 6.65. The number of nitrogens with zero attached hydrogens (tertiary/aromatic N) is 2. The zero-order chi connectivity index (χ0) is 23.0. The van der Waals surface area contributed by atoms with Crippen LogP contribution in [-0.4, -0.2) is 22.0 Å². The molecule has 0 fully saturated rings. The molecular formula is C27H33N3OS. The summed E-state index contributed by atoms with van der Waals surface area (Å²) in [7, 11) is 0. The minimum atomic E-state index is -0.0995. The second kappa shape index (κ2) is 8.70. The normalized spacial score (nSPS) is 13.1. The van der Waals surface area contributed by atoms with E-state index in [1.54, 1.807) is 11.3 Å². The first kappa shape index (κ1) is 22.5. The largest absolute Gasteiger partial charge is 0.349 e. The molecule has 3 aromatic rings. The van der Waals surface area contributed by atoms with Gasteiger partial charge in [-0.15, -0.1) is 11.3 Å². The molecule has 0 bridgehead atoms. The van der Waals surface area contributed by atoms with E-state index in [0.29, 0.717) is 18.3 Å². The molecule has 0 saturated carbocycles. The molecule has 168 valence electrons. The lowest BCUT2D eigenvalue weighted by molar-refractivity contribution is 0.0924. The molecule has 1 amide bonds. The minimum absolute atomic E-state index is 0.0169. The van der Waals surface area contributed by atoms with Crippen LogP contribution in [0.2, 0.25) is 0 Å². The Balaban J connectivity index is 1.87. The van der Waals surface area contributed by atoms with Crippen molar-refractivity contribution >= 4 is 23.3 Å². The van der Waals surface area contributed by atoms with Crippen molar-refractivity contribution in [3.63, 3.8) is 0 Å². The van der Waals surface area contributed by atoms with Gasteiger partial charge in [0.1, 0.15) is 5.69 Å². The SMILES string of the molecule is C=Cc1cc2c(cc1CC(C)C)-c1c(-c3cccs3)nc(C(=O)NCC(C)(C)C)n1CC2. The van der Waals surface area contributed by atoms with E-state index in [1.165, 1.54) is 22.3 Å². The highest BCUT2D eigenvalue weighted by atomic mass is 32.1. The Hall–Kier alpha value is -2.66. The molecule has 0 saturated heterocycles. The number of hydrogen-bond donors (Lipinski definition) is 1. The van der Waals surface area contributed by atoms with E-state index in [4.69, 9.17) is 4.98 Å². The van der Waals surface area contributed by atoms with Gasteiger partial charge in [0.15, 0.2) is 5.82 Å². The highest BCUT2D eigenvalue weighted by Gasteiger charge is 2.29. The predicted molar refractivity (Wildman–Crippen MR) is 135 cm³/mol. The van der Waals surface area contributed by atoms with Crippen LogP contribution in [0.3, 0.4) is 0 Å².